The van der Waals surface area contributed by atoms with Gasteiger partial charge in [0.1, 0.15) is 23.7 Å². The van der Waals surface area contributed by atoms with Gasteiger partial charge in [0.15, 0.2) is 22.9 Å². The van der Waals surface area contributed by atoms with E-state index in [1.807, 2.05) is 39.0 Å². The first-order valence-corrected chi connectivity index (χ1v) is 13.2. The lowest BCUT2D eigenvalue weighted by atomic mass is 9.91. The third-order valence-corrected chi connectivity index (χ3v) is 7.36. The number of rotatable bonds is 6. The summed E-state index contributed by atoms with van der Waals surface area (Å²) < 4.78 is 17.4. The number of hydrogen-bond acceptors (Lipinski definition) is 9. The molecule has 1 saturated heterocycles. The Kier molecular flexibility index (Phi) is 5.39. The predicted molar refractivity (Wildman–Crippen MR) is 144 cm³/mol. The van der Waals surface area contributed by atoms with Crippen LogP contribution in [0.25, 0.3) is 16.8 Å². The number of hydrogen-bond donors (Lipinski definition) is 2. The fraction of sp³-hybridized carbons (Fsp3) is 0.444. The highest BCUT2D eigenvalue weighted by Crippen LogP contribution is 2.39. The van der Waals surface area contributed by atoms with Crippen LogP contribution in [0.2, 0.25) is 0 Å². The van der Waals surface area contributed by atoms with Crippen molar-refractivity contribution in [2.75, 3.05) is 18.5 Å². The van der Waals surface area contributed by atoms with Crippen LogP contribution < -0.4 is 10.1 Å². The first kappa shape index (κ1) is 24.0. The molecule has 2 N–H and O–H groups in total. The van der Waals surface area contributed by atoms with Gasteiger partial charge in [0, 0.05) is 36.2 Å². The molecule has 5 aromatic heterocycles. The number of aliphatic hydroxyl groups excluding tert-OH is 1. The van der Waals surface area contributed by atoms with Gasteiger partial charge in [0.2, 0.25) is 5.95 Å². The molecule has 39 heavy (non-hydrogen) atoms. The Balaban J connectivity index is 1.17. The summed E-state index contributed by atoms with van der Waals surface area (Å²) in [4.78, 5) is 18.2. The number of nitrogens with zero attached hydrogens (tertiary/aromatic N) is 8. The molecule has 2 aliphatic rings. The van der Waals surface area contributed by atoms with Gasteiger partial charge in [0.05, 0.1) is 43.5 Å². The number of aromatic nitrogens is 8. The number of aryl methyl sites for hydroxylation is 1. The lowest BCUT2D eigenvalue weighted by Gasteiger charge is -2.24. The van der Waals surface area contributed by atoms with Crippen molar-refractivity contribution < 1.29 is 14.6 Å². The van der Waals surface area contributed by atoms with E-state index in [4.69, 9.17) is 14.6 Å². The van der Waals surface area contributed by atoms with E-state index in [2.05, 4.69) is 46.0 Å². The molecular formula is C27H31N9O3. The number of aliphatic hydroxyl groups is 1. The van der Waals surface area contributed by atoms with Crippen molar-refractivity contribution in [3.05, 3.63) is 48.4 Å². The van der Waals surface area contributed by atoms with Crippen LogP contribution >= 0.6 is 0 Å². The van der Waals surface area contributed by atoms with E-state index in [0.29, 0.717) is 48.0 Å². The minimum Gasteiger partial charge on any atom is -0.452 e. The van der Waals surface area contributed by atoms with Gasteiger partial charge in [-0.2, -0.15) is 10.1 Å². The lowest BCUT2D eigenvalue weighted by molar-refractivity contribution is 0.117. The molecule has 1 aliphatic carbocycles. The minimum absolute atomic E-state index is 0.177. The molecule has 0 amide bonds. The average molecular weight is 530 g/mol. The maximum atomic E-state index is 10.4. The zero-order valence-corrected chi connectivity index (χ0v) is 22.4. The summed E-state index contributed by atoms with van der Waals surface area (Å²) in [6.07, 6.45) is 8.82. The third-order valence-electron chi connectivity index (χ3n) is 7.36. The quantitative estimate of drug-likeness (QED) is 0.337. The maximum Gasteiger partial charge on any atom is 0.210 e. The summed E-state index contributed by atoms with van der Waals surface area (Å²) in [5.74, 6) is 3.97. The second-order valence-corrected chi connectivity index (χ2v) is 11.4. The largest absolute Gasteiger partial charge is 0.452 e. The topological polar surface area (TPSA) is 129 Å². The van der Waals surface area contributed by atoms with E-state index < -0.39 is 6.10 Å². The summed E-state index contributed by atoms with van der Waals surface area (Å²) in [5.41, 5.74) is 3.03. The smallest absolute Gasteiger partial charge is 0.210 e. The molecule has 12 nitrogen and oxygen atoms in total. The normalized spacial score (nSPS) is 19.8. The van der Waals surface area contributed by atoms with Crippen LogP contribution in [0.3, 0.4) is 0 Å². The fourth-order valence-corrected chi connectivity index (χ4v) is 5.08. The van der Waals surface area contributed by atoms with Gasteiger partial charge in [-0.1, -0.05) is 20.8 Å². The first-order chi connectivity index (χ1) is 18.7. The summed E-state index contributed by atoms with van der Waals surface area (Å²) in [7, 11) is 1.92. The van der Waals surface area contributed by atoms with E-state index in [1.165, 1.54) is 0 Å². The SMILES string of the molecule is Cn1c(Nc2cc(C(C)(C)C)n([C@@H]3COC[C@@H]3O)n2)nc2ncc(Oc3cnc4cnc(C5CC5)n4c3)cc21. The number of ether oxygens (including phenoxy) is 2. The van der Waals surface area contributed by atoms with Crippen LogP contribution in [-0.2, 0) is 17.2 Å². The van der Waals surface area contributed by atoms with Crippen molar-refractivity contribution in [3.63, 3.8) is 0 Å². The van der Waals surface area contributed by atoms with Crippen molar-refractivity contribution >= 4 is 28.6 Å². The van der Waals surface area contributed by atoms with E-state index in [1.54, 1.807) is 18.6 Å². The zero-order valence-electron chi connectivity index (χ0n) is 22.4. The monoisotopic (exact) mass is 529 g/mol. The van der Waals surface area contributed by atoms with Crippen molar-refractivity contribution in [1.29, 1.82) is 0 Å². The summed E-state index contributed by atoms with van der Waals surface area (Å²) >= 11 is 0. The highest BCUT2D eigenvalue weighted by Gasteiger charge is 2.33. The number of anilines is 2. The van der Waals surface area contributed by atoms with Gasteiger partial charge in [-0.15, -0.1) is 0 Å². The van der Waals surface area contributed by atoms with E-state index in [0.717, 1.165) is 35.5 Å². The summed E-state index contributed by atoms with van der Waals surface area (Å²) in [5, 5.41) is 18.6. The number of fused-ring (bicyclic) bond motifs is 2. The van der Waals surface area contributed by atoms with Gasteiger partial charge in [0.25, 0.3) is 0 Å². The van der Waals surface area contributed by atoms with Crippen LogP contribution in [0.4, 0.5) is 11.8 Å². The Bertz CT molecular complexity index is 1690. The van der Waals surface area contributed by atoms with Crippen LogP contribution in [0, 0.1) is 0 Å². The third kappa shape index (κ3) is 4.29. The Morgan fingerprint density at radius 1 is 1.05 bits per heavy atom. The van der Waals surface area contributed by atoms with Gasteiger partial charge in [-0.3, -0.25) is 9.08 Å². The molecule has 1 aliphatic heterocycles. The number of pyridine rings is 1. The molecule has 0 aromatic carbocycles. The molecule has 1 saturated carbocycles. The molecule has 12 heteroatoms. The van der Waals surface area contributed by atoms with E-state index in [9.17, 15) is 5.11 Å². The van der Waals surface area contributed by atoms with Crippen LogP contribution in [-0.4, -0.2) is 63.1 Å². The average Bonchev–Trinajstić information content (AvgIpc) is 3.20. The minimum atomic E-state index is -0.595. The van der Waals surface area contributed by atoms with E-state index >= 15 is 0 Å². The predicted octanol–water partition coefficient (Wildman–Crippen LogP) is 3.85. The second kappa shape index (κ2) is 8.75. The highest BCUT2D eigenvalue weighted by atomic mass is 16.5. The Hall–Kier alpha value is -4.03. The standard InChI is InChI=1S/C27H31N9O3/c1-27(2,3)21-8-22(33-36(21)19-13-38-14-20(19)37)31-26-32-24-18(34(26)4)7-16(9-29-24)39-17-10-28-23-11-30-25(15-5-6-15)35(23)12-17/h7-12,15,19-20,37H,5-6,13-14H2,1-4H3,(H,29,31,32,33)/t19-,20+/m1/s1. The molecular weight excluding hydrogens is 498 g/mol. The summed E-state index contributed by atoms with van der Waals surface area (Å²) in [6, 6.07) is 3.68. The second-order valence-electron chi connectivity index (χ2n) is 11.4. The van der Waals surface area contributed by atoms with Crippen LogP contribution in [0.5, 0.6) is 11.5 Å². The van der Waals surface area contributed by atoms with Crippen molar-refractivity contribution in [3.8, 4) is 11.5 Å². The molecule has 7 rings (SSSR count). The molecule has 6 heterocycles. The van der Waals surface area contributed by atoms with Crippen molar-refractivity contribution in [2.24, 2.45) is 7.05 Å². The molecule has 0 spiro atoms. The lowest BCUT2D eigenvalue weighted by Crippen LogP contribution is -2.28. The Morgan fingerprint density at radius 2 is 1.87 bits per heavy atom. The van der Waals surface area contributed by atoms with Gasteiger partial charge >= 0.3 is 0 Å². The number of imidazole rings is 2. The van der Waals surface area contributed by atoms with Crippen molar-refractivity contribution in [2.45, 2.75) is 57.1 Å². The zero-order chi connectivity index (χ0) is 26.9. The van der Waals surface area contributed by atoms with E-state index in [-0.39, 0.29) is 11.5 Å². The molecule has 0 radical (unpaired) electrons. The molecule has 202 valence electrons. The fourth-order valence-electron chi connectivity index (χ4n) is 5.08. The molecule has 2 atom stereocenters. The number of nitrogens with one attached hydrogen (secondary N) is 1. The van der Waals surface area contributed by atoms with Gasteiger partial charge < -0.3 is 24.5 Å². The molecule has 2 fully saturated rings. The first-order valence-electron chi connectivity index (χ1n) is 13.2. The van der Waals surface area contributed by atoms with Gasteiger partial charge in [-0.05, 0) is 12.8 Å². The molecule has 0 bridgehead atoms. The Morgan fingerprint density at radius 3 is 2.62 bits per heavy atom. The van der Waals surface area contributed by atoms with Crippen LogP contribution in [0.15, 0.2) is 36.9 Å². The highest BCUT2D eigenvalue weighted by molar-refractivity contribution is 5.77. The molecule has 0 unspecified atom stereocenters. The van der Waals surface area contributed by atoms with Crippen LogP contribution in [0.1, 0.15) is 57.1 Å². The summed E-state index contributed by atoms with van der Waals surface area (Å²) in [6.45, 7) is 7.11. The maximum absolute atomic E-state index is 10.4. The van der Waals surface area contributed by atoms with Gasteiger partial charge in [-0.25, -0.2) is 15.0 Å². The van der Waals surface area contributed by atoms with Crippen molar-refractivity contribution in [1.82, 2.24) is 38.7 Å². The molecule has 5 aromatic rings. The Labute approximate surface area is 224 Å².